The molecule has 0 fully saturated rings. The van der Waals surface area contributed by atoms with Gasteiger partial charge in [-0.05, 0) is 31.7 Å². The zero-order valence-corrected chi connectivity index (χ0v) is 11.3. The van der Waals surface area contributed by atoms with E-state index in [1.54, 1.807) is 0 Å². The first-order valence-electron chi connectivity index (χ1n) is 5.84. The topological polar surface area (TPSA) is 24.9 Å². The number of rotatable bonds is 7. The minimum atomic E-state index is 0.171. The number of hydrogen-bond donors (Lipinski definition) is 1. The molecule has 0 spiro atoms. The second-order valence-corrected chi connectivity index (χ2v) is 5.32. The quantitative estimate of drug-likeness (QED) is 0.739. The van der Waals surface area contributed by atoms with Crippen molar-refractivity contribution in [3.05, 3.63) is 30.1 Å². The van der Waals surface area contributed by atoms with Gasteiger partial charge in [-0.15, -0.1) is 0 Å². The summed E-state index contributed by atoms with van der Waals surface area (Å²) in [4.78, 5) is 4.39. The smallest absolute Gasteiger partial charge is 0.0421 e. The zero-order valence-electron chi connectivity index (χ0n) is 10.5. The van der Waals surface area contributed by atoms with Gasteiger partial charge in [-0.25, -0.2) is 0 Å². The molecule has 3 heteroatoms. The van der Waals surface area contributed by atoms with Crippen molar-refractivity contribution in [3.8, 4) is 0 Å². The van der Waals surface area contributed by atoms with Gasteiger partial charge in [0, 0.05) is 36.1 Å². The molecule has 1 N–H and O–H groups in total. The van der Waals surface area contributed by atoms with Crippen LogP contribution in [0.15, 0.2) is 24.4 Å². The fourth-order valence-corrected chi connectivity index (χ4v) is 1.98. The van der Waals surface area contributed by atoms with Crippen LogP contribution in [0.2, 0.25) is 0 Å². The third-order valence-corrected chi connectivity index (χ3v) is 3.55. The summed E-state index contributed by atoms with van der Waals surface area (Å²) in [6, 6.07) is 6.12. The van der Waals surface area contributed by atoms with Crippen molar-refractivity contribution < 1.29 is 0 Å². The summed E-state index contributed by atoms with van der Waals surface area (Å²) in [7, 11) is 0. The predicted molar refractivity (Wildman–Crippen MR) is 73.0 cm³/mol. The Morgan fingerprint density at radius 3 is 2.81 bits per heavy atom. The van der Waals surface area contributed by atoms with Gasteiger partial charge in [0.25, 0.3) is 0 Å². The third-order valence-electron chi connectivity index (χ3n) is 2.94. The van der Waals surface area contributed by atoms with Gasteiger partial charge in [-0.2, -0.15) is 11.8 Å². The van der Waals surface area contributed by atoms with E-state index in [1.165, 1.54) is 5.69 Å². The molecule has 16 heavy (non-hydrogen) atoms. The zero-order chi connectivity index (χ0) is 11.9. The van der Waals surface area contributed by atoms with Crippen molar-refractivity contribution in [2.75, 3.05) is 18.6 Å². The molecule has 90 valence electrons. The van der Waals surface area contributed by atoms with E-state index in [2.05, 4.69) is 42.5 Å². The van der Waals surface area contributed by atoms with E-state index < -0.39 is 0 Å². The standard InChI is InChI=1S/C13H22N2S/c1-4-13(2,15-9-10-16-3)11-12-7-5-6-8-14-12/h5-8,15H,4,9-11H2,1-3H3. The lowest BCUT2D eigenvalue weighted by atomic mass is 9.92. The molecular formula is C13H22N2S. The van der Waals surface area contributed by atoms with Crippen molar-refractivity contribution in [2.24, 2.45) is 0 Å². The van der Waals surface area contributed by atoms with Crippen molar-refractivity contribution in [2.45, 2.75) is 32.2 Å². The van der Waals surface area contributed by atoms with E-state index in [0.29, 0.717) is 0 Å². The van der Waals surface area contributed by atoms with Crippen LogP contribution in [0.3, 0.4) is 0 Å². The van der Waals surface area contributed by atoms with Gasteiger partial charge in [0.1, 0.15) is 0 Å². The molecule has 0 amide bonds. The van der Waals surface area contributed by atoms with Crippen LogP contribution in [0.25, 0.3) is 0 Å². The number of nitrogens with one attached hydrogen (secondary N) is 1. The summed E-state index contributed by atoms with van der Waals surface area (Å²) >= 11 is 1.88. The molecule has 1 rings (SSSR count). The summed E-state index contributed by atoms with van der Waals surface area (Å²) in [5.41, 5.74) is 1.34. The summed E-state index contributed by atoms with van der Waals surface area (Å²) in [6.07, 6.45) is 6.13. The fraction of sp³-hybridized carbons (Fsp3) is 0.615. The Morgan fingerprint density at radius 1 is 1.44 bits per heavy atom. The minimum absolute atomic E-state index is 0.171. The van der Waals surface area contributed by atoms with Gasteiger partial charge in [-0.1, -0.05) is 13.0 Å². The summed E-state index contributed by atoms with van der Waals surface area (Å²) in [5.74, 6) is 1.16. The predicted octanol–water partition coefficient (Wildman–Crippen LogP) is 2.75. The fourth-order valence-electron chi connectivity index (χ4n) is 1.67. The molecule has 0 saturated heterocycles. The summed E-state index contributed by atoms with van der Waals surface area (Å²) in [6.45, 7) is 5.58. The van der Waals surface area contributed by atoms with Gasteiger partial charge < -0.3 is 5.32 Å². The van der Waals surface area contributed by atoms with Crippen molar-refractivity contribution in [3.63, 3.8) is 0 Å². The van der Waals surface area contributed by atoms with Gasteiger partial charge in [0.05, 0.1) is 0 Å². The van der Waals surface area contributed by atoms with Gasteiger partial charge in [-0.3, -0.25) is 4.98 Å². The Balaban J connectivity index is 2.52. The molecule has 0 radical (unpaired) electrons. The van der Waals surface area contributed by atoms with Crippen LogP contribution < -0.4 is 5.32 Å². The van der Waals surface area contributed by atoms with Crippen LogP contribution in [0.1, 0.15) is 26.0 Å². The van der Waals surface area contributed by atoms with E-state index in [0.717, 1.165) is 25.1 Å². The maximum Gasteiger partial charge on any atom is 0.0421 e. The molecule has 1 aromatic rings. The van der Waals surface area contributed by atoms with Crippen LogP contribution in [0, 0.1) is 0 Å². The van der Waals surface area contributed by atoms with Crippen LogP contribution >= 0.6 is 11.8 Å². The highest BCUT2D eigenvalue weighted by molar-refractivity contribution is 7.98. The summed E-state index contributed by atoms with van der Waals surface area (Å²) < 4.78 is 0. The van der Waals surface area contributed by atoms with Gasteiger partial charge in [0.15, 0.2) is 0 Å². The lowest BCUT2D eigenvalue weighted by Crippen LogP contribution is -2.45. The summed E-state index contributed by atoms with van der Waals surface area (Å²) in [5, 5.41) is 3.63. The highest BCUT2D eigenvalue weighted by Crippen LogP contribution is 2.15. The molecule has 1 unspecified atom stereocenters. The first-order chi connectivity index (χ1) is 7.70. The Bertz CT molecular complexity index is 289. The van der Waals surface area contributed by atoms with E-state index in [-0.39, 0.29) is 5.54 Å². The number of thioether (sulfide) groups is 1. The molecule has 2 nitrogen and oxygen atoms in total. The van der Waals surface area contributed by atoms with E-state index in [1.807, 2.05) is 24.0 Å². The molecule has 0 aromatic carbocycles. The van der Waals surface area contributed by atoms with Crippen molar-refractivity contribution in [1.29, 1.82) is 0 Å². The first-order valence-corrected chi connectivity index (χ1v) is 7.23. The third kappa shape index (κ3) is 4.54. The average Bonchev–Trinajstić information content (AvgIpc) is 2.31. The van der Waals surface area contributed by atoms with E-state index in [4.69, 9.17) is 0 Å². The van der Waals surface area contributed by atoms with Crippen molar-refractivity contribution in [1.82, 2.24) is 10.3 Å². The van der Waals surface area contributed by atoms with Crippen LogP contribution in [-0.4, -0.2) is 29.1 Å². The monoisotopic (exact) mass is 238 g/mol. The molecule has 0 bridgehead atoms. The number of pyridine rings is 1. The maximum atomic E-state index is 4.39. The normalized spacial score (nSPS) is 14.7. The van der Waals surface area contributed by atoms with E-state index >= 15 is 0 Å². The Labute approximate surface area is 103 Å². The molecule has 1 atom stereocenters. The maximum absolute atomic E-state index is 4.39. The number of hydrogen-bond acceptors (Lipinski definition) is 3. The van der Waals surface area contributed by atoms with Gasteiger partial charge in [0.2, 0.25) is 0 Å². The highest BCUT2D eigenvalue weighted by atomic mass is 32.2. The average molecular weight is 238 g/mol. The van der Waals surface area contributed by atoms with Crippen LogP contribution in [0.5, 0.6) is 0 Å². The molecule has 0 aliphatic carbocycles. The van der Waals surface area contributed by atoms with E-state index in [9.17, 15) is 0 Å². The molecule has 0 aliphatic rings. The molecule has 0 aliphatic heterocycles. The molecule has 0 saturated carbocycles. The largest absolute Gasteiger partial charge is 0.310 e. The van der Waals surface area contributed by atoms with Crippen LogP contribution in [0.4, 0.5) is 0 Å². The highest BCUT2D eigenvalue weighted by Gasteiger charge is 2.21. The number of aromatic nitrogens is 1. The second-order valence-electron chi connectivity index (χ2n) is 4.33. The Hall–Kier alpha value is -0.540. The second kappa shape index (κ2) is 6.92. The SMILES string of the molecule is CCC(C)(Cc1ccccn1)NCCSC. The lowest BCUT2D eigenvalue weighted by molar-refractivity contribution is 0.347. The molecule has 1 heterocycles. The molecule has 1 aromatic heterocycles. The van der Waals surface area contributed by atoms with Crippen molar-refractivity contribution >= 4 is 11.8 Å². The molecular weight excluding hydrogens is 216 g/mol. The van der Waals surface area contributed by atoms with Crippen LogP contribution in [-0.2, 0) is 6.42 Å². The number of nitrogens with zero attached hydrogens (tertiary/aromatic N) is 1. The Morgan fingerprint density at radius 2 is 2.25 bits per heavy atom. The Kier molecular flexibility index (Phi) is 5.85. The first kappa shape index (κ1) is 13.5. The van der Waals surface area contributed by atoms with Gasteiger partial charge >= 0.3 is 0 Å². The lowest BCUT2D eigenvalue weighted by Gasteiger charge is -2.29. The minimum Gasteiger partial charge on any atom is -0.310 e.